The molecule has 4 rings (SSSR count). The summed E-state index contributed by atoms with van der Waals surface area (Å²) in [5.74, 6) is 0.174. The van der Waals surface area contributed by atoms with Gasteiger partial charge in [0, 0.05) is 62.8 Å². The van der Waals surface area contributed by atoms with Crippen LogP contribution in [0.15, 0.2) is 42.6 Å². The normalized spacial score (nSPS) is 17.7. The molecule has 2 saturated heterocycles. The van der Waals surface area contributed by atoms with Crippen LogP contribution in [-0.2, 0) is 11.0 Å². The van der Waals surface area contributed by atoms with E-state index in [0.29, 0.717) is 25.2 Å². The first-order chi connectivity index (χ1) is 17.3. The maximum atomic E-state index is 12.9. The highest BCUT2D eigenvalue weighted by molar-refractivity contribution is 5.76. The molecule has 1 amide bonds. The summed E-state index contributed by atoms with van der Waals surface area (Å²) >= 11 is 0. The molecule has 0 bridgehead atoms. The van der Waals surface area contributed by atoms with E-state index in [1.807, 2.05) is 4.90 Å². The second-order valence-corrected chi connectivity index (χ2v) is 9.85. The van der Waals surface area contributed by atoms with Gasteiger partial charge in [0.25, 0.3) is 0 Å². The molecule has 1 aromatic heterocycles. The van der Waals surface area contributed by atoms with Crippen LogP contribution in [0, 0.1) is 6.92 Å². The Kier molecular flexibility index (Phi) is 10.2. The van der Waals surface area contributed by atoms with E-state index in [9.17, 15) is 18.0 Å². The molecule has 2 fully saturated rings. The molecular formula is C28H40F3N5O. The Morgan fingerprint density at radius 3 is 2.46 bits per heavy atom. The van der Waals surface area contributed by atoms with Crippen molar-refractivity contribution in [2.45, 2.75) is 58.7 Å². The van der Waals surface area contributed by atoms with E-state index in [0.717, 1.165) is 64.5 Å². The van der Waals surface area contributed by atoms with Gasteiger partial charge < -0.3 is 20.0 Å². The monoisotopic (exact) mass is 519 g/mol. The lowest BCUT2D eigenvalue weighted by atomic mass is 10.0. The van der Waals surface area contributed by atoms with Gasteiger partial charge in [0.05, 0.1) is 0 Å². The standard InChI is InChI=1S/C27H36F3N5O.CH4/c1-21-5-7-24(8-6-21)34-15-3-14-33(18-19-34)13-2-4-26(36)35-16-10-22(11-17-35)32-23-9-12-31-25(20-23)27(28,29)30;/h5-9,12,20,22H,2-4,10-11,13-19H2,1H3,(H,31,32);1H4. The molecule has 37 heavy (non-hydrogen) atoms. The Bertz CT molecular complexity index is 990. The van der Waals surface area contributed by atoms with Crippen molar-refractivity contribution in [1.29, 1.82) is 0 Å². The summed E-state index contributed by atoms with van der Waals surface area (Å²) < 4.78 is 38.7. The molecular weight excluding hydrogens is 479 g/mol. The molecule has 204 valence electrons. The molecule has 0 spiro atoms. The van der Waals surface area contributed by atoms with Crippen LogP contribution in [0.3, 0.4) is 0 Å². The summed E-state index contributed by atoms with van der Waals surface area (Å²) in [4.78, 5) is 22.9. The Hall–Kier alpha value is -2.81. The predicted octanol–water partition coefficient (Wildman–Crippen LogP) is 5.44. The number of hydrogen-bond donors (Lipinski definition) is 1. The average Bonchev–Trinajstić information content (AvgIpc) is 3.10. The zero-order chi connectivity index (χ0) is 25.5. The number of pyridine rings is 1. The highest BCUT2D eigenvalue weighted by atomic mass is 19.4. The van der Waals surface area contributed by atoms with Crippen molar-refractivity contribution < 1.29 is 18.0 Å². The molecule has 2 aliphatic rings. The number of nitrogens with zero attached hydrogens (tertiary/aromatic N) is 4. The average molecular weight is 520 g/mol. The molecule has 1 aromatic carbocycles. The van der Waals surface area contributed by atoms with Gasteiger partial charge in [-0.2, -0.15) is 13.2 Å². The van der Waals surface area contributed by atoms with Gasteiger partial charge in [0.1, 0.15) is 5.69 Å². The summed E-state index contributed by atoms with van der Waals surface area (Å²) in [7, 11) is 0. The zero-order valence-electron chi connectivity index (χ0n) is 20.9. The smallest absolute Gasteiger partial charge is 0.382 e. The van der Waals surface area contributed by atoms with Crippen LogP contribution in [0.1, 0.15) is 50.8 Å². The van der Waals surface area contributed by atoms with Crippen LogP contribution in [0.5, 0.6) is 0 Å². The molecule has 0 unspecified atom stereocenters. The van der Waals surface area contributed by atoms with Crippen molar-refractivity contribution in [2.75, 3.05) is 56.0 Å². The molecule has 9 heteroatoms. The highest BCUT2D eigenvalue weighted by Crippen LogP contribution is 2.29. The summed E-state index contributed by atoms with van der Waals surface area (Å²) in [6.07, 6.45) is 0.654. The quantitative estimate of drug-likeness (QED) is 0.528. The number of nitrogens with one attached hydrogen (secondary N) is 1. The van der Waals surface area contributed by atoms with E-state index in [1.54, 1.807) is 6.07 Å². The molecule has 0 aliphatic carbocycles. The Balaban J connectivity index is 0.00000380. The fourth-order valence-corrected chi connectivity index (χ4v) is 5.00. The summed E-state index contributed by atoms with van der Waals surface area (Å²) in [5.41, 5.74) is 2.07. The predicted molar refractivity (Wildman–Crippen MR) is 143 cm³/mol. The van der Waals surface area contributed by atoms with Crippen LogP contribution in [0.2, 0.25) is 0 Å². The van der Waals surface area contributed by atoms with Crippen LogP contribution in [0.25, 0.3) is 0 Å². The van der Waals surface area contributed by atoms with Crippen molar-refractivity contribution in [2.24, 2.45) is 0 Å². The lowest BCUT2D eigenvalue weighted by Gasteiger charge is -2.33. The van der Waals surface area contributed by atoms with Crippen molar-refractivity contribution in [1.82, 2.24) is 14.8 Å². The van der Waals surface area contributed by atoms with Gasteiger partial charge in [-0.05, 0) is 70.0 Å². The number of alkyl halides is 3. The van der Waals surface area contributed by atoms with E-state index in [4.69, 9.17) is 0 Å². The third-order valence-electron chi connectivity index (χ3n) is 7.12. The third kappa shape index (κ3) is 8.35. The maximum absolute atomic E-state index is 12.9. The Morgan fingerprint density at radius 1 is 1.03 bits per heavy atom. The first-order valence-electron chi connectivity index (χ1n) is 12.9. The number of carbonyl (C=O) groups excluding carboxylic acids is 1. The number of piperidine rings is 1. The number of halogens is 3. The summed E-state index contributed by atoms with van der Waals surface area (Å²) in [6.45, 7) is 8.40. The van der Waals surface area contributed by atoms with E-state index < -0.39 is 11.9 Å². The molecule has 2 aliphatic heterocycles. The van der Waals surface area contributed by atoms with Crippen LogP contribution in [0.4, 0.5) is 24.5 Å². The number of aryl methyl sites for hydroxylation is 1. The molecule has 0 saturated carbocycles. The Labute approximate surface area is 218 Å². The van der Waals surface area contributed by atoms with Crippen molar-refractivity contribution >= 4 is 17.3 Å². The molecule has 6 nitrogen and oxygen atoms in total. The number of rotatable bonds is 7. The molecule has 3 heterocycles. The number of amides is 1. The maximum Gasteiger partial charge on any atom is 0.433 e. The number of hydrogen-bond acceptors (Lipinski definition) is 5. The third-order valence-corrected chi connectivity index (χ3v) is 7.12. The van der Waals surface area contributed by atoms with Crippen LogP contribution >= 0.6 is 0 Å². The Morgan fingerprint density at radius 2 is 1.76 bits per heavy atom. The largest absolute Gasteiger partial charge is 0.433 e. The van der Waals surface area contributed by atoms with E-state index in [2.05, 4.69) is 51.3 Å². The van der Waals surface area contributed by atoms with Gasteiger partial charge in [0.2, 0.25) is 5.91 Å². The van der Waals surface area contributed by atoms with Crippen molar-refractivity contribution in [3.63, 3.8) is 0 Å². The highest BCUT2D eigenvalue weighted by Gasteiger charge is 2.32. The summed E-state index contributed by atoms with van der Waals surface area (Å²) in [5, 5.41) is 3.17. The second kappa shape index (κ2) is 13.1. The van der Waals surface area contributed by atoms with Gasteiger partial charge in [0.15, 0.2) is 0 Å². The van der Waals surface area contributed by atoms with Crippen molar-refractivity contribution in [3.8, 4) is 0 Å². The van der Waals surface area contributed by atoms with Gasteiger partial charge in [-0.1, -0.05) is 25.1 Å². The molecule has 1 N–H and O–H groups in total. The lowest BCUT2D eigenvalue weighted by Crippen LogP contribution is -2.42. The summed E-state index contributed by atoms with van der Waals surface area (Å²) in [6, 6.07) is 11.3. The topological polar surface area (TPSA) is 51.7 Å². The number of benzene rings is 1. The van der Waals surface area contributed by atoms with Gasteiger partial charge in [-0.3, -0.25) is 9.78 Å². The second-order valence-electron chi connectivity index (χ2n) is 9.85. The fraction of sp³-hybridized carbons (Fsp3) is 0.571. The number of aromatic nitrogens is 1. The minimum atomic E-state index is -4.46. The molecule has 0 atom stereocenters. The van der Waals surface area contributed by atoms with Gasteiger partial charge >= 0.3 is 6.18 Å². The molecule has 0 radical (unpaired) electrons. The van der Waals surface area contributed by atoms with Gasteiger partial charge in [-0.25, -0.2) is 0 Å². The van der Waals surface area contributed by atoms with E-state index in [-0.39, 0.29) is 19.4 Å². The van der Waals surface area contributed by atoms with Crippen LogP contribution < -0.4 is 10.2 Å². The number of likely N-dealkylation sites (tertiary alicyclic amines) is 1. The minimum absolute atomic E-state index is 0. The first-order valence-corrected chi connectivity index (χ1v) is 12.9. The zero-order valence-corrected chi connectivity index (χ0v) is 20.9. The molecule has 2 aromatic rings. The van der Waals surface area contributed by atoms with E-state index >= 15 is 0 Å². The number of carbonyl (C=O) groups is 1. The lowest BCUT2D eigenvalue weighted by molar-refractivity contribution is -0.141. The fourth-order valence-electron chi connectivity index (χ4n) is 5.00. The van der Waals surface area contributed by atoms with Crippen LogP contribution in [-0.4, -0.2) is 72.5 Å². The van der Waals surface area contributed by atoms with E-state index in [1.165, 1.54) is 17.4 Å². The van der Waals surface area contributed by atoms with Gasteiger partial charge in [-0.15, -0.1) is 0 Å². The van der Waals surface area contributed by atoms with Crippen molar-refractivity contribution in [3.05, 3.63) is 53.9 Å². The number of anilines is 2. The SMILES string of the molecule is C.Cc1ccc(N2CCCN(CCCC(=O)N3CCC(Nc4ccnc(C(F)(F)F)c4)CC3)CC2)cc1. The minimum Gasteiger partial charge on any atom is -0.382 e. The first kappa shape index (κ1) is 28.8.